The summed E-state index contributed by atoms with van der Waals surface area (Å²) in [6, 6.07) is 7.10. The Kier molecular flexibility index (Phi) is 5.38. The Morgan fingerprint density at radius 1 is 1.14 bits per heavy atom. The van der Waals surface area contributed by atoms with Gasteiger partial charge in [0.05, 0.1) is 40.4 Å². The molecule has 1 aromatic heterocycles. The molecule has 0 saturated heterocycles. The molecule has 7 heteroatoms. The number of carbonyl (C=O) groups is 1. The minimum atomic E-state index is -0.960. The molecule has 0 aliphatic carbocycles. The number of fused-ring (bicyclic) bond motifs is 1. The second-order valence-corrected chi connectivity index (χ2v) is 7.62. The zero-order chi connectivity index (χ0) is 20.5. The Morgan fingerprint density at radius 2 is 1.82 bits per heavy atom. The Labute approximate surface area is 162 Å². The van der Waals surface area contributed by atoms with Crippen LogP contribution in [0.15, 0.2) is 36.5 Å². The number of methoxy groups -OCH3 is 1. The predicted molar refractivity (Wildman–Crippen MR) is 103 cm³/mol. The van der Waals surface area contributed by atoms with Gasteiger partial charge in [-0.15, -0.1) is 0 Å². The van der Waals surface area contributed by atoms with Crippen LogP contribution in [-0.4, -0.2) is 50.2 Å². The zero-order valence-corrected chi connectivity index (χ0v) is 16.3. The molecule has 0 unspecified atom stereocenters. The van der Waals surface area contributed by atoms with Gasteiger partial charge in [-0.3, -0.25) is 0 Å². The monoisotopic (exact) mass is 389 g/mol. The molecule has 0 aliphatic heterocycles. The molecule has 3 rings (SSSR count). The molecule has 2 aromatic carbocycles. The van der Waals surface area contributed by atoms with Gasteiger partial charge < -0.3 is 18.9 Å². The molecule has 0 spiro atoms. The van der Waals surface area contributed by atoms with E-state index >= 15 is 0 Å². The molecule has 0 amide bonds. The number of nitrogens with zero attached hydrogens (tertiary/aromatic N) is 1. The van der Waals surface area contributed by atoms with Crippen molar-refractivity contribution < 1.29 is 27.5 Å². The first kappa shape index (κ1) is 19.8. The Bertz CT molecular complexity index is 999. The lowest BCUT2D eigenvalue weighted by Gasteiger charge is -2.23. The average Bonchev–Trinajstić information content (AvgIpc) is 3.03. The summed E-state index contributed by atoms with van der Waals surface area (Å²) in [4.78, 5) is 15.7. The van der Waals surface area contributed by atoms with E-state index in [9.17, 15) is 13.6 Å². The number of benzene rings is 2. The molecule has 0 saturated carbocycles. The number of aromatic amines is 1. The molecule has 0 bridgehead atoms. The van der Waals surface area contributed by atoms with E-state index in [1.807, 2.05) is 12.3 Å². The highest BCUT2D eigenvalue weighted by molar-refractivity contribution is 5.96. The lowest BCUT2D eigenvalue weighted by atomic mass is 10.1. The zero-order valence-electron chi connectivity index (χ0n) is 16.3. The topological polar surface area (TPSA) is 51.3 Å². The maximum absolute atomic E-state index is 13.9. The highest BCUT2D eigenvalue weighted by atomic mass is 19.1. The van der Waals surface area contributed by atoms with Crippen LogP contribution in [0.3, 0.4) is 0 Å². The van der Waals surface area contributed by atoms with E-state index in [0.29, 0.717) is 5.75 Å². The number of likely N-dealkylation sites (N-methyl/N-ethyl adjacent to an activating group) is 1. The molecule has 0 atom stereocenters. The second-order valence-electron chi connectivity index (χ2n) is 7.62. The minimum Gasteiger partial charge on any atom is -0.491 e. The van der Waals surface area contributed by atoms with Crippen LogP contribution in [0.1, 0.15) is 15.9 Å². The number of halogens is 2. The molecule has 5 nitrogen and oxygen atoms in total. The van der Waals surface area contributed by atoms with Crippen molar-refractivity contribution in [1.82, 2.24) is 4.98 Å². The number of esters is 1. The number of H-pyrrole nitrogens is 1. The van der Waals surface area contributed by atoms with Crippen molar-refractivity contribution in [2.24, 2.45) is 0 Å². The average molecular weight is 389 g/mol. The quantitative estimate of drug-likeness (QED) is 0.395. The lowest BCUT2D eigenvalue weighted by molar-refractivity contribution is -0.870. The smallest absolute Gasteiger partial charge is 0.343 e. The Morgan fingerprint density at radius 3 is 2.43 bits per heavy atom. The van der Waals surface area contributed by atoms with Crippen LogP contribution in [0.2, 0.25) is 0 Å². The Hall–Kier alpha value is -2.93. The summed E-state index contributed by atoms with van der Waals surface area (Å²) in [6.45, 7) is 0.893. The summed E-state index contributed by atoms with van der Waals surface area (Å²) in [6.07, 6.45) is 2.67. The Balaban J connectivity index is 1.92. The van der Waals surface area contributed by atoms with E-state index in [2.05, 4.69) is 30.9 Å². The number of carbonyl (C=O) groups excluding carboxylic acids is 1. The number of ether oxygens (including phenoxy) is 2. The minimum absolute atomic E-state index is 0.226. The van der Waals surface area contributed by atoms with Crippen molar-refractivity contribution in [3.8, 4) is 11.5 Å². The molecule has 0 aliphatic rings. The van der Waals surface area contributed by atoms with Crippen molar-refractivity contribution in [3.05, 3.63) is 59.3 Å². The van der Waals surface area contributed by atoms with E-state index in [1.165, 1.54) is 0 Å². The first-order valence-electron chi connectivity index (χ1n) is 8.84. The van der Waals surface area contributed by atoms with Crippen LogP contribution in [0.5, 0.6) is 11.5 Å². The molecule has 1 heterocycles. The number of aromatic nitrogens is 1. The summed E-state index contributed by atoms with van der Waals surface area (Å²) in [7, 11) is 7.46. The van der Waals surface area contributed by atoms with Gasteiger partial charge in [0, 0.05) is 23.5 Å². The lowest BCUT2D eigenvalue weighted by Crippen LogP contribution is -2.36. The van der Waals surface area contributed by atoms with E-state index < -0.39 is 23.4 Å². The molecule has 0 radical (unpaired) electrons. The number of hydrogen-bond acceptors (Lipinski definition) is 3. The standard InChI is InChI=1S/C21H23F2N2O3/c1-25(2,3)9-8-13-12-24-17-6-5-7-18(19(13)17)28-21(26)14-10-15(22)20(27-4)16(23)11-14/h5-7,10-12,24H,8-9H2,1-4H3/q+1. The van der Waals surface area contributed by atoms with Gasteiger partial charge in [-0.1, -0.05) is 6.07 Å². The van der Waals surface area contributed by atoms with Crippen LogP contribution in [-0.2, 0) is 6.42 Å². The maximum atomic E-state index is 13.9. The summed E-state index contributed by atoms with van der Waals surface area (Å²) < 4.78 is 38.7. The van der Waals surface area contributed by atoms with Gasteiger partial charge in [-0.2, -0.15) is 0 Å². The second kappa shape index (κ2) is 7.59. The fraction of sp³-hybridized carbons (Fsp3) is 0.286. The number of nitrogens with one attached hydrogen (secondary N) is 1. The normalized spacial score (nSPS) is 11.6. The van der Waals surface area contributed by atoms with E-state index in [-0.39, 0.29) is 5.56 Å². The van der Waals surface area contributed by atoms with Crippen LogP contribution in [0, 0.1) is 11.6 Å². The molecule has 3 aromatic rings. The highest BCUT2D eigenvalue weighted by Crippen LogP contribution is 2.31. The fourth-order valence-corrected chi connectivity index (χ4v) is 2.99. The highest BCUT2D eigenvalue weighted by Gasteiger charge is 2.19. The van der Waals surface area contributed by atoms with Gasteiger partial charge in [0.25, 0.3) is 0 Å². The number of quaternary nitrogens is 1. The van der Waals surface area contributed by atoms with Crippen LogP contribution in [0.25, 0.3) is 10.9 Å². The van der Waals surface area contributed by atoms with Gasteiger partial charge >= 0.3 is 5.97 Å². The van der Waals surface area contributed by atoms with Crippen LogP contribution in [0.4, 0.5) is 8.78 Å². The van der Waals surface area contributed by atoms with Crippen LogP contribution < -0.4 is 9.47 Å². The third-order valence-electron chi connectivity index (χ3n) is 4.44. The molecule has 0 fully saturated rings. The van der Waals surface area contributed by atoms with E-state index in [0.717, 1.165) is 53.2 Å². The molecule has 1 N–H and O–H groups in total. The van der Waals surface area contributed by atoms with Gasteiger partial charge in [-0.25, -0.2) is 13.6 Å². The first-order valence-corrected chi connectivity index (χ1v) is 8.84. The molecule has 148 valence electrons. The summed E-state index contributed by atoms with van der Waals surface area (Å²) >= 11 is 0. The van der Waals surface area contributed by atoms with Crippen LogP contribution >= 0.6 is 0 Å². The largest absolute Gasteiger partial charge is 0.491 e. The van der Waals surface area contributed by atoms with E-state index in [4.69, 9.17) is 4.74 Å². The van der Waals surface area contributed by atoms with Crippen molar-refractivity contribution >= 4 is 16.9 Å². The van der Waals surface area contributed by atoms with Crippen molar-refractivity contribution in [3.63, 3.8) is 0 Å². The SMILES string of the molecule is COc1c(F)cc(C(=O)Oc2cccc3[nH]cc(CC[N+](C)(C)C)c23)cc1F. The first-order chi connectivity index (χ1) is 13.2. The summed E-state index contributed by atoms with van der Waals surface area (Å²) in [5, 5.41) is 0.791. The molecule has 28 heavy (non-hydrogen) atoms. The predicted octanol–water partition coefficient (Wildman–Crippen LogP) is 3.92. The van der Waals surface area contributed by atoms with E-state index in [1.54, 1.807) is 12.1 Å². The number of rotatable bonds is 6. The van der Waals surface area contributed by atoms with Gasteiger partial charge in [0.15, 0.2) is 17.4 Å². The molecular weight excluding hydrogens is 366 g/mol. The summed E-state index contributed by atoms with van der Waals surface area (Å²) in [5.74, 6) is -2.95. The van der Waals surface area contributed by atoms with Crippen molar-refractivity contribution in [2.45, 2.75) is 6.42 Å². The number of hydrogen-bond donors (Lipinski definition) is 1. The van der Waals surface area contributed by atoms with Gasteiger partial charge in [0.2, 0.25) is 0 Å². The fourth-order valence-electron chi connectivity index (χ4n) is 2.99. The maximum Gasteiger partial charge on any atom is 0.343 e. The summed E-state index contributed by atoms with van der Waals surface area (Å²) in [5.41, 5.74) is 1.61. The molecular formula is C21H23F2N2O3+. The van der Waals surface area contributed by atoms with Crippen molar-refractivity contribution in [1.29, 1.82) is 0 Å². The third kappa shape index (κ3) is 4.14. The van der Waals surface area contributed by atoms with Gasteiger partial charge in [-0.05, 0) is 29.8 Å². The van der Waals surface area contributed by atoms with Crippen molar-refractivity contribution in [2.75, 3.05) is 34.8 Å². The van der Waals surface area contributed by atoms with Gasteiger partial charge in [0.1, 0.15) is 5.75 Å². The third-order valence-corrected chi connectivity index (χ3v) is 4.44.